The molecule has 1 aliphatic heterocycles. The summed E-state index contributed by atoms with van der Waals surface area (Å²) in [6.07, 6.45) is -5.10. The molecule has 1 N–H and O–H groups in total. The van der Waals surface area contributed by atoms with E-state index in [2.05, 4.69) is 10.1 Å². The number of methoxy groups -OCH3 is 1. The van der Waals surface area contributed by atoms with Crippen LogP contribution in [-0.4, -0.2) is 32.7 Å². The average Bonchev–Trinajstić information content (AvgIpc) is 2.50. The lowest BCUT2D eigenvalue weighted by Gasteiger charge is -2.28. The first kappa shape index (κ1) is 20.1. The fourth-order valence-electron chi connectivity index (χ4n) is 2.36. The summed E-state index contributed by atoms with van der Waals surface area (Å²) in [7, 11) is 1.39. The van der Waals surface area contributed by atoms with Crippen molar-refractivity contribution in [1.29, 1.82) is 0 Å². The van der Waals surface area contributed by atoms with Gasteiger partial charge in [-0.15, -0.1) is 25.6 Å². The third-order valence-electron chi connectivity index (χ3n) is 3.69. The average molecular weight is 394 g/mol. The van der Waals surface area contributed by atoms with Crippen molar-refractivity contribution in [3.8, 4) is 28.4 Å². The molecule has 26 heavy (non-hydrogen) atoms. The van der Waals surface area contributed by atoms with Crippen LogP contribution < -0.4 is 19.5 Å². The molecule has 1 saturated heterocycles. The summed E-state index contributed by atoms with van der Waals surface area (Å²) < 4.78 is 66.7. The van der Waals surface area contributed by atoms with Gasteiger partial charge in [-0.25, -0.2) is 4.39 Å². The van der Waals surface area contributed by atoms with Gasteiger partial charge in [-0.2, -0.15) is 0 Å². The molecule has 1 aliphatic rings. The molecular weight excluding hydrogens is 378 g/mol. The molecule has 9 heteroatoms. The van der Waals surface area contributed by atoms with Crippen molar-refractivity contribution in [3.05, 3.63) is 42.2 Å². The van der Waals surface area contributed by atoms with Crippen LogP contribution in [0.15, 0.2) is 36.4 Å². The Labute approximate surface area is 153 Å². The van der Waals surface area contributed by atoms with Gasteiger partial charge >= 0.3 is 6.36 Å². The molecule has 1 heterocycles. The second-order valence-corrected chi connectivity index (χ2v) is 5.45. The van der Waals surface area contributed by atoms with Gasteiger partial charge in [-0.3, -0.25) is 0 Å². The number of hydrogen-bond acceptors (Lipinski definition) is 4. The van der Waals surface area contributed by atoms with Crippen molar-refractivity contribution in [2.75, 3.05) is 20.2 Å². The van der Waals surface area contributed by atoms with E-state index < -0.39 is 17.9 Å². The Kier molecular flexibility index (Phi) is 6.20. The minimum absolute atomic E-state index is 0. The van der Waals surface area contributed by atoms with Crippen molar-refractivity contribution in [2.45, 2.75) is 12.5 Å². The number of hydrogen-bond donors (Lipinski definition) is 1. The van der Waals surface area contributed by atoms with Gasteiger partial charge in [-0.05, 0) is 29.8 Å². The molecule has 0 amide bonds. The molecule has 3 rings (SSSR count). The van der Waals surface area contributed by atoms with Gasteiger partial charge in [0.2, 0.25) is 0 Å². The van der Waals surface area contributed by atoms with E-state index in [1.54, 1.807) is 0 Å². The zero-order valence-corrected chi connectivity index (χ0v) is 14.4. The van der Waals surface area contributed by atoms with E-state index in [0.717, 1.165) is 12.1 Å². The first-order chi connectivity index (χ1) is 11.9. The Bertz CT molecular complexity index is 766. The van der Waals surface area contributed by atoms with Gasteiger partial charge in [0.1, 0.15) is 17.7 Å². The standard InChI is InChI=1S/C17H15F4NO3.ClH/c1-23-11-3-4-13(14(18)7-11)10-2-5-15(24-12-8-22-9-12)16(6-10)25-17(19,20)21;/h2-7,12,22H,8-9H2,1H3;1H. The summed E-state index contributed by atoms with van der Waals surface area (Å²) in [5, 5.41) is 2.96. The van der Waals surface area contributed by atoms with E-state index in [1.165, 1.54) is 31.4 Å². The van der Waals surface area contributed by atoms with Crippen molar-refractivity contribution in [1.82, 2.24) is 5.32 Å². The van der Waals surface area contributed by atoms with Crippen LogP contribution in [0.1, 0.15) is 0 Å². The van der Waals surface area contributed by atoms with E-state index >= 15 is 0 Å². The second kappa shape index (κ2) is 8.01. The van der Waals surface area contributed by atoms with Crippen LogP contribution in [0.3, 0.4) is 0 Å². The van der Waals surface area contributed by atoms with Crippen molar-refractivity contribution in [2.24, 2.45) is 0 Å². The highest BCUT2D eigenvalue weighted by Gasteiger charge is 2.33. The molecule has 0 aromatic heterocycles. The normalized spacial score (nSPS) is 14.2. The van der Waals surface area contributed by atoms with Gasteiger partial charge < -0.3 is 19.5 Å². The van der Waals surface area contributed by atoms with Gasteiger partial charge in [0.05, 0.1) is 7.11 Å². The SMILES string of the molecule is COc1ccc(-c2ccc(OC3CNC3)c(OC(F)(F)F)c2)c(F)c1.Cl. The Hall–Kier alpha value is -2.19. The minimum atomic E-state index is -4.88. The zero-order chi connectivity index (χ0) is 18.0. The summed E-state index contributed by atoms with van der Waals surface area (Å²) in [5.74, 6) is -0.853. The monoisotopic (exact) mass is 393 g/mol. The van der Waals surface area contributed by atoms with E-state index in [0.29, 0.717) is 18.8 Å². The van der Waals surface area contributed by atoms with Gasteiger partial charge in [0, 0.05) is 24.7 Å². The summed E-state index contributed by atoms with van der Waals surface area (Å²) >= 11 is 0. The highest BCUT2D eigenvalue weighted by Crippen LogP contribution is 2.38. The number of ether oxygens (including phenoxy) is 3. The lowest BCUT2D eigenvalue weighted by molar-refractivity contribution is -0.275. The summed E-state index contributed by atoms with van der Waals surface area (Å²) in [4.78, 5) is 0. The molecule has 4 nitrogen and oxygen atoms in total. The molecule has 0 atom stereocenters. The maximum Gasteiger partial charge on any atom is 0.573 e. The van der Waals surface area contributed by atoms with Gasteiger partial charge in [0.15, 0.2) is 11.5 Å². The Morgan fingerprint density at radius 2 is 1.77 bits per heavy atom. The third kappa shape index (κ3) is 4.70. The van der Waals surface area contributed by atoms with Gasteiger partial charge in [0.25, 0.3) is 0 Å². The fraction of sp³-hybridized carbons (Fsp3) is 0.294. The Morgan fingerprint density at radius 1 is 1.04 bits per heavy atom. The topological polar surface area (TPSA) is 39.7 Å². The van der Waals surface area contributed by atoms with Gasteiger partial charge in [-0.1, -0.05) is 6.07 Å². The van der Waals surface area contributed by atoms with E-state index in [-0.39, 0.29) is 35.4 Å². The van der Waals surface area contributed by atoms with Crippen LogP contribution in [0.25, 0.3) is 11.1 Å². The van der Waals surface area contributed by atoms with Crippen LogP contribution in [0.4, 0.5) is 17.6 Å². The zero-order valence-electron chi connectivity index (χ0n) is 13.6. The predicted octanol–water partition coefficient (Wildman–Crippen LogP) is 4.17. The second-order valence-electron chi connectivity index (χ2n) is 5.45. The minimum Gasteiger partial charge on any atom is -0.497 e. The maximum absolute atomic E-state index is 14.2. The molecule has 2 aromatic carbocycles. The van der Waals surface area contributed by atoms with Crippen LogP contribution in [0.5, 0.6) is 17.2 Å². The Balaban J connectivity index is 0.00000243. The molecule has 1 fully saturated rings. The molecule has 0 bridgehead atoms. The lowest BCUT2D eigenvalue weighted by atomic mass is 10.0. The number of nitrogens with one attached hydrogen (secondary N) is 1. The third-order valence-corrected chi connectivity index (χ3v) is 3.69. The summed E-state index contributed by atoms with van der Waals surface area (Å²) in [6.45, 7) is 1.08. The van der Waals surface area contributed by atoms with Crippen LogP contribution in [-0.2, 0) is 0 Å². The maximum atomic E-state index is 14.2. The molecule has 2 aromatic rings. The highest BCUT2D eigenvalue weighted by molar-refractivity contribution is 5.85. The van der Waals surface area contributed by atoms with Crippen LogP contribution in [0.2, 0.25) is 0 Å². The molecule has 142 valence electrons. The quantitative estimate of drug-likeness (QED) is 0.774. The molecular formula is C17H16ClF4NO3. The smallest absolute Gasteiger partial charge is 0.497 e. The molecule has 0 radical (unpaired) electrons. The summed E-state index contributed by atoms with van der Waals surface area (Å²) in [5.41, 5.74) is 0.364. The fourth-order valence-corrected chi connectivity index (χ4v) is 2.36. The van der Waals surface area contributed by atoms with E-state index in [1.807, 2.05) is 0 Å². The van der Waals surface area contributed by atoms with Crippen molar-refractivity contribution < 1.29 is 31.8 Å². The lowest BCUT2D eigenvalue weighted by Crippen LogP contribution is -2.50. The molecule has 0 saturated carbocycles. The van der Waals surface area contributed by atoms with E-state index in [4.69, 9.17) is 9.47 Å². The molecule has 0 aliphatic carbocycles. The van der Waals surface area contributed by atoms with Crippen LogP contribution >= 0.6 is 12.4 Å². The number of halogens is 5. The predicted molar refractivity (Wildman–Crippen MR) is 89.6 cm³/mol. The first-order valence-electron chi connectivity index (χ1n) is 7.47. The van der Waals surface area contributed by atoms with Crippen molar-refractivity contribution in [3.63, 3.8) is 0 Å². The highest BCUT2D eigenvalue weighted by atomic mass is 35.5. The van der Waals surface area contributed by atoms with E-state index in [9.17, 15) is 17.6 Å². The Morgan fingerprint density at radius 3 is 2.31 bits per heavy atom. The largest absolute Gasteiger partial charge is 0.573 e. The number of rotatable bonds is 5. The summed E-state index contributed by atoms with van der Waals surface area (Å²) in [6, 6.07) is 8.04. The number of benzene rings is 2. The number of alkyl halides is 3. The molecule has 0 unspecified atom stereocenters. The van der Waals surface area contributed by atoms with Crippen LogP contribution in [0, 0.1) is 5.82 Å². The first-order valence-corrected chi connectivity index (χ1v) is 7.47. The molecule has 0 spiro atoms. The van der Waals surface area contributed by atoms with Crippen molar-refractivity contribution >= 4 is 12.4 Å².